The van der Waals surface area contributed by atoms with Crippen LogP contribution >= 0.6 is 0 Å². The van der Waals surface area contributed by atoms with Crippen LogP contribution in [-0.4, -0.2) is 37.2 Å². The molecule has 0 aromatic carbocycles. The summed E-state index contributed by atoms with van der Waals surface area (Å²) in [5, 5.41) is 0. The Morgan fingerprint density at radius 3 is 0.910 bits per heavy atom. The molecule has 6 heteroatoms. The van der Waals surface area contributed by atoms with Gasteiger partial charge >= 0.3 is 17.9 Å². The number of esters is 3. The summed E-state index contributed by atoms with van der Waals surface area (Å²) in [6.45, 7) is 6.32. The largest absolute Gasteiger partial charge is 0.462 e. The van der Waals surface area contributed by atoms with E-state index in [2.05, 4.69) is 142 Å². The van der Waals surface area contributed by atoms with Crippen LogP contribution in [0, 0.1) is 0 Å². The van der Waals surface area contributed by atoms with Gasteiger partial charge < -0.3 is 14.2 Å². The molecule has 0 amide bonds. The lowest BCUT2D eigenvalue weighted by molar-refractivity contribution is -0.167. The third-order valence-corrected chi connectivity index (χ3v) is 11.0. The van der Waals surface area contributed by atoms with E-state index in [0.29, 0.717) is 19.3 Å². The van der Waals surface area contributed by atoms with Crippen molar-refractivity contribution in [1.29, 1.82) is 0 Å². The number of ether oxygens (including phenoxy) is 3. The molecule has 0 aromatic rings. The molecule has 0 fully saturated rings. The molecule has 0 saturated heterocycles. The molecule has 1 atom stereocenters. The third-order valence-electron chi connectivity index (χ3n) is 11.0. The molecule has 67 heavy (non-hydrogen) atoms. The summed E-state index contributed by atoms with van der Waals surface area (Å²) >= 11 is 0. The van der Waals surface area contributed by atoms with Gasteiger partial charge in [0, 0.05) is 19.3 Å². The van der Waals surface area contributed by atoms with Crippen molar-refractivity contribution in [1.82, 2.24) is 0 Å². The Bertz CT molecular complexity index is 1440. The molecule has 6 nitrogen and oxygen atoms in total. The van der Waals surface area contributed by atoms with E-state index in [-0.39, 0.29) is 31.1 Å². The van der Waals surface area contributed by atoms with Crippen molar-refractivity contribution >= 4 is 17.9 Å². The van der Waals surface area contributed by atoms with Crippen LogP contribution in [0.15, 0.2) is 122 Å². The number of rotatable bonds is 47. The molecule has 0 N–H and O–H groups in total. The maximum absolute atomic E-state index is 12.8. The average molecular weight is 927 g/mol. The normalized spacial score (nSPS) is 13.1. The topological polar surface area (TPSA) is 78.9 Å². The van der Waals surface area contributed by atoms with E-state index in [0.717, 1.165) is 161 Å². The fraction of sp³-hybridized carbons (Fsp3) is 0.623. The van der Waals surface area contributed by atoms with Gasteiger partial charge in [-0.15, -0.1) is 0 Å². The second-order valence-corrected chi connectivity index (χ2v) is 17.4. The molecule has 1 unspecified atom stereocenters. The van der Waals surface area contributed by atoms with Crippen LogP contribution in [0.5, 0.6) is 0 Å². The van der Waals surface area contributed by atoms with Crippen molar-refractivity contribution in [2.75, 3.05) is 13.2 Å². The number of allylic oxidation sites excluding steroid dienone is 20. The second-order valence-electron chi connectivity index (χ2n) is 17.4. The summed E-state index contributed by atoms with van der Waals surface area (Å²) in [6.07, 6.45) is 74.9. The quantitative estimate of drug-likeness (QED) is 0.0262. The van der Waals surface area contributed by atoms with Crippen LogP contribution in [-0.2, 0) is 28.6 Å². The van der Waals surface area contributed by atoms with Crippen molar-refractivity contribution in [2.24, 2.45) is 0 Å². The van der Waals surface area contributed by atoms with Gasteiger partial charge in [0.05, 0.1) is 0 Å². The molecule has 0 aromatic heterocycles. The Kier molecular flexibility index (Phi) is 51.0. The highest BCUT2D eigenvalue weighted by atomic mass is 16.6. The number of unbranched alkanes of at least 4 members (excludes halogenated alkanes) is 16. The first-order valence-electron chi connectivity index (χ1n) is 27.0. The van der Waals surface area contributed by atoms with E-state index in [9.17, 15) is 14.4 Å². The minimum Gasteiger partial charge on any atom is -0.462 e. The van der Waals surface area contributed by atoms with Gasteiger partial charge in [0.15, 0.2) is 6.10 Å². The van der Waals surface area contributed by atoms with Gasteiger partial charge in [0.25, 0.3) is 0 Å². The van der Waals surface area contributed by atoms with Crippen molar-refractivity contribution in [3.8, 4) is 0 Å². The molecule has 0 bridgehead atoms. The summed E-state index contributed by atoms with van der Waals surface area (Å²) in [5.41, 5.74) is 0. The van der Waals surface area contributed by atoms with Crippen molar-refractivity contribution in [2.45, 2.75) is 232 Å². The fourth-order valence-corrected chi connectivity index (χ4v) is 6.96. The first-order chi connectivity index (χ1) is 33.0. The predicted octanol–water partition coefficient (Wildman–Crippen LogP) is 18.1. The summed E-state index contributed by atoms with van der Waals surface area (Å²) < 4.78 is 16.7. The van der Waals surface area contributed by atoms with Gasteiger partial charge in [-0.05, 0) is 109 Å². The Balaban J connectivity index is 4.28. The molecule has 0 spiro atoms. The van der Waals surface area contributed by atoms with E-state index in [1.54, 1.807) is 0 Å². The first kappa shape index (κ1) is 62.8. The van der Waals surface area contributed by atoms with Crippen LogP contribution in [0.25, 0.3) is 0 Å². The smallest absolute Gasteiger partial charge is 0.306 e. The standard InChI is InChI=1S/C61H98O6/c1-4-7-10-13-16-18-20-22-24-25-26-27-28-29-30-31-32-33-34-35-37-38-40-42-45-48-51-54-60(63)66-57-58(56-65-59(62)53-50-47-44-15-12-9-6-3)67-61(64)55-52-49-46-43-41-39-36-23-21-19-17-14-11-8-5-2/h7-8,10-11,16-19,22-24,26-27,29-30,32-33,35-37,58H,4-6,9,12-15,20-21,25,28,31,34,38-57H2,1-3H3/b10-7-,11-8-,18-16-,19-17-,24-22-,27-26-,30-29-,33-32-,36-23-,37-35-. The Labute approximate surface area is 412 Å². The van der Waals surface area contributed by atoms with E-state index >= 15 is 0 Å². The molecule has 0 aliphatic rings. The van der Waals surface area contributed by atoms with Crippen LogP contribution < -0.4 is 0 Å². The van der Waals surface area contributed by atoms with Crippen molar-refractivity contribution in [3.63, 3.8) is 0 Å². The molecule has 0 rings (SSSR count). The lowest BCUT2D eigenvalue weighted by Gasteiger charge is -2.18. The maximum Gasteiger partial charge on any atom is 0.306 e. The van der Waals surface area contributed by atoms with Crippen molar-refractivity contribution in [3.05, 3.63) is 122 Å². The van der Waals surface area contributed by atoms with Gasteiger partial charge in [-0.3, -0.25) is 14.4 Å². The third kappa shape index (κ3) is 52.6. The zero-order valence-corrected chi connectivity index (χ0v) is 43.1. The molecule has 0 heterocycles. The molecule has 0 aliphatic carbocycles. The molecule has 0 saturated carbocycles. The predicted molar refractivity (Wildman–Crippen MR) is 288 cm³/mol. The zero-order valence-electron chi connectivity index (χ0n) is 43.1. The number of carbonyl (C=O) groups excluding carboxylic acids is 3. The van der Waals surface area contributed by atoms with Crippen LogP contribution in [0.4, 0.5) is 0 Å². The van der Waals surface area contributed by atoms with Gasteiger partial charge in [-0.25, -0.2) is 0 Å². The van der Waals surface area contributed by atoms with Crippen LogP contribution in [0.2, 0.25) is 0 Å². The lowest BCUT2D eigenvalue weighted by atomic mass is 10.1. The average Bonchev–Trinajstić information content (AvgIpc) is 3.33. The Morgan fingerprint density at radius 2 is 0.582 bits per heavy atom. The molecule has 0 aliphatic heterocycles. The Hall–Kier alpha value is -4.19. The monoisotopic (exact) mass is 927 g/mol. The van der Waals surface area contributed by atoms with E-state index in [1.807, 2.05) is 0 Å². The SMILES string of the molecule is CC/C=C\C/C=C\C/C=C\C/C=C\C/C=C\C/C=C\C/C=C\CCCCCCCC(=O)OCC(COC(=O)CCCCCCCCC)OC(=O)CCCCCCC/C=C\C/C=C\C/C=C\CC. The van der Waals surface area contributed by atoms with E-state index < -0.39 is 6.10 Å². The number of hydrogen-bond donors (Lipinski definition) is 0. The number of hydrogen-bond acceptors (Lipinski definition) is 6. The van der Waals surface area contributed by atoms with Gasteiger partial charge in [0.2, 0.25) is 0 Å². The zero-order chi connectivity index (χ0) is 48.6. The number of carbonyl (C=O) groups is 3. The van der Waals surface area contributed by atoms with E-state index in [4.69, 9.17) is 14.2 Å². The summed E-state index contributed by atoms with van der Waals surface area (Å²) in [5.74, 6) is -0.944. The molecule has 378 valence electrons. The van der Waals surface area contributed by atoms with Crippen LogP contribution in [0.3, 0.4) is 0 Å². The van der Waals surface area contributed by atoms with Crippen LogP contribution in [0.1, 0.15) is 226 Å². The maximum atomic E-state index is 12.8. The molecular formula is C61H98O6. The van der Waals surface area contributed by atoms with Gasteiger partial charge in [-0.1, -0.05) is 219 Å². The fourth-order valence-electron chi connectivity index (χ4n) is 6.96. The first-order valence-corrected chi connectivity index (χ1v) is 27.0. The highest BCUT2D eigenvalue weighted by molar-refractivity contribution is 5.71. The minimum absolute atomic E-state index is 0.0938. The van der Waals surface area contributed by atoms with E-state index in [1.165, 1.54) is 25.7 Å². The highest BCUT2D eigenvalue weighted by Gasteiger charge is 2.19. The van der Waals surface area contributed by atoms with Gasteiger partial charge in [0.1, 0.15) is 13.2 Å². The molecular weight excluding hydrogens is 829 g/mol. The summed E-state index contributed by atoms with van der Waals surface area (Å²) in [4.78, 5) is 37.8. The van der Waals surface area contributed by atoms with Crippen molar-refractivity contribution < 1.29 is 28.6 Å². The molecule has 0 radical (unpaired) electrons. The summed E-state index contributed by atoms with van der Waals surface area (Å²) in [7, 11) is 0. The minimum atomic E-state index is -0.795. The summed E-state index contributed by atoms with van der Waals surface area (Å²) in [6, 6.07) is 0. The lowest BCUT2D eigenvalue weighted by Crippen LogP contribution is -2.30. The highest BCUT2D eigenvalue weighted by Crippen LogP contribution is 2.13. The second kappa shape index (κ2) is 54.4. The van der Waals surface area contributed by atoms with Gasteiger partial charge in [-0.2, -0.15) is 0 Å². The Morgan fingerprint density at radius 1 is 0.313 bits per heavy atom.